The van der Waals surface area contributed by atoms with Crippen LogP contribution in [0.2, 0.25) is 0 Å². The smallest absolute Gasteiger partial charge is 0.244 e. The second-order valence-electron chi connectivity index (χ2n) is 6.79. The zero-order valence-electron chi connectivity index (χ0n) is 15.2. The van der Waals surface area contributed by atoms with Gasteiger partial charge in [-0.2, -0.15) is 5.10 Å². The fourth-order valence-electron chi connectivity index (χ4n) is 3.25. The molecule has 0 unspecified atom stereocenters. The number of nitrogens with zero attached hydrogens (tertiary/aromatic N) is 3. The lowest BCUT2D eigenvalue weighted by Gasteiger charge is -2.15. The Morgan fingerprint density at radius 1 is 1.36 bits per heavy atom. The highest BCUT2D eigenvalue weighted by atomic mass is 16.5. The first kappa shape index (κ1) is 17.5. The number of nitrogens with one attached hydrogen (secondary N) is 1. The Labute approximate surface area is 148 Å². The topological polar surface area (TPSA) is 69.0 Å². The summed E-state index contributed by atoms with van der Waals surface area (Å²) in [5.41, 5.74) is 2.85. The van der Waals surface area contributed by atoms with E-state index in [2.05, 4.69) is 15.4 Å². The van der Waals surface area contributed by atoms with E-state index < -0.39 is 0 Å². The maximum Gasteiger partial charge on any atom is 0.244 e. The molecule has 1 aliphatic rings. The first-order chi connectivity index (χ1) is 12.0. The van der Waals surface area contributed by atoms with Gasteiger partial charge in [0.25, 0.3) is 0 Å². The molecule has 2 aromatic heterocycles. The van der Waals surface area contributed by atoms with Crippen molar-refractivity contribution < 1.29 is 9.53 Å². The van der Waals surface area contributed by atoms with E-state index in [0.29, 0.717) is 18.5 Å². The second-order valence-corrected chi connectivity index (χ2v) is 6.79. The quantitative estimate of drug-likeness (QED) is 0.876. The molecule has 0 saturated heterocycles. The second kappa shape index (κ2) is 7.68. The monoisotopic (exact) mass is 342 g/mol. The van der Waals surface area contributed by atoms with Crippen molar-refractivity contribution in [3.63, 3.8) is 0 Å². The average molecular weight is 342 g/mol. The van der Waals surface area contributed by atoms with Crippen LogP contribution in [-0.4, -0.2) is 26.8 Å². The van der Waals surface area contributed by atoms with E-state index in [-0.39, 0.29) is 11.9 Å². The number of hydrogen-bond acceptors (Lipinski definition) is 4. The van der Waals surface area contributed by atoms with Crippen molar-refractivity contribution in [3.8, 4) is 5.88 Å². The standard InChI is InChI=1S/C19H26N4O2/c1-13-10-14(2)23(22-13)15(3)19(24)21-12-16-8-9-18(20-11-16)25-17-6-4-5-7-17/h8-11,15,17H,4-7,12H2,1-3H3,(H,21,24)/t15-/m0/s1. The molecule has 2 aromatic rings. The molecule has 0 aromatic carbocycles. The number of amides is 1. The average Bonchev–Trinajstić information content (AvgIpc) is 3.22. The third-order valence-corrected chi connectivity index (χ3v) is 4.64. The Hall–Kier alpha value is -2.37. The van der Waals surface area contributed by atoms with Crippen molar-refractivity contribution in [1.29, 1.82) is 0 Å². The highest BCUT2D eigenvalue weighted by Gasteiger charge is 2.18. The predicted molar refractivity (Wildman–Crippen MR) is 95.4 cm³/mol. The zero-order valence-corrected chi connectivity index (χ0v) is 15.2. The van der Waals surface area contributed by atoms with Crippen molar-refractivity contribution in [2.75, 3.05) is 0 Å². The van der Waals surface area contributed by atoms with Crippen molar-refractivity contribution in [1.82, 2.24) is 20.1 Å². The highest BCUT2D eigenvalue weighted by molar-refractivity contribution is 5.79. The molecule has 25 heavy (non-hydrogen) atoms. The Morgan fingerprint density at radius 2 is 2.12 bits per heavy atom. The Morgan fingerprint density at radius 3 is 2.72 bits per heavy atom. The first-order valence-electron chi connectivity index (χ1n) is 8.95. The minimum atomic E-state index is -0.341. The number of carbonyl (C=O) groups is 1. The van der Waals surface area contributed by atoms with E-state index in [1.807, 2.05) is 39.0 Å². The fourth-order valence-corrected chi connectivity index (χ4v) is 3.25. The molecule has 1 aliphatic carbocycles. The molecule has 2 heterocycles. The van der Waals surface area contributed by atoms with Gasteiger partial charge in [0.2, 0.25) is 11.8 Å². The maximum atomic E-state index is 12.4. The van der Waals surface area contributed by atoms with Gasteiger partial charge in [-0.15, -0.1) is 0 Å². The molecule has 1 N–H and O–H groups in total. The number of aryl methyl sites for hydroxylation is 2. The van der Waals surface area contributed by atoms with Crippen molar-refractivity contribution in [2.45, 2.75) is 65.1 Å². The van der Waals surface area contributed by atoms with Crippen LogP contribution in [0, 0.1) is 13.8 Å². The van der Waals surface area contributed by atoms with Gasteiger partial charge in [-0.05, 0) is 58.1 Å². The van der Waals surface area contributed by atoms with Gasteiger partial charge in [-0.25, -0.2) is 4.98 Å². The third kappa shape index (κ3) is 4.38. The summed E-state index contributed by atoms with van der Waals surface area (Å²) in [5.74, 6) is 0.607. The molecule has 0 radical (unpaired) electrons. The highest BCUT2D eigenvalue weighted by Crippen LogP contribution is 2.22. The summed E-state index contributed by atoms with van der Waals surface area (Å²) in [6, 6.07) is 5.46. The molecule has 6 nitrogen and oxygen atoms in total. The van der Waals surface area contributed by atoms with E-state index in [1.165, 1.54) is 12.8 Å². The first-order valence-corrected chi connectivity index (χ1v) is 8.95. The predicted octanol–water partition coefficient (Wildman–Crippen LogP) is 3.09. The molecule has 1 saturated carbocycles. The lowest BCUT2D eigenvalue weighted by molar-refractivity contribution is -0.124. The Bertz CT molecular complexity index is 718. The number of ether oxygens (including phenoxy) is 1. The van der Waals surface area contributed by atoms with Gasteiger partial charge in [0, 0.05) is 24.5 Å². The van der Waals surface area contributed by atoms with Crippen LogP contribution < -0.4 is 10.1 Å². The Balaban J connectivity index is 1.52. The van der Waals surface area contributed by atoms with Crippen molar-refractivity contribution >= 4 is 5.91 Å². The third-order valence-electron chi connectivity index (χ3n) is 4.64. The van der Waals surface area contributed by atoms with Crippen LogP contribution in [0.4, 0.5) is 0 Å². The summed E-state index contributed by atoms with van der Waals surface area (Å²) in [4.78, 5) is 16.7. The van der Waals surface area contributed by atoms with Crippen LogP contribution in [-0.2, 0) is 11.3 Å². The van der Waals surface area contributed by atoms with E-state index in [0.717, 1.165) is 29.8 Å². The normalized spacial score (nSPS) is 16.0. The van der Waals surface area contributed by atoms with E-state index in [9.17, 15) is 4.79 Å². The molecular formula is C19H26N4O2. The molecular weight excluding hydrogens is 316 g/mol. The van der Waals surface area contributed by atoms with Crippen LogP contribution in [0.25, 0.3) is 0 Å². The zero-order chi connectivity index (χ0) is 17.8. The van der Waals surface area contributed by atoms with Gasteiger partial charge in [0.05, 0.1) is 5.69 Å². The molecule has 0 bridgehead atoms. The van der Waals surface area contributed by atoms with Gasteiger partial charge in [0.1, 0.15) is 12.1 Å². The minimum Gasteiger partial charge on any atom is -0.474 e. The van der Waals surface area contributed by atoms with Crippen LogP contribution >= 0.6 is 0 Å². The lowest BCUT2D eigenvalue weighted by Crippen LogP contribution is -2.31. The maximum absolute atomic E-state index is 12.4. The van der Waals surface area contributed by atoms with Crippen molar-refractivity contribution in [3.05, 3.63) is 41.3 Å². The SMILES string of the molecule is Cc1cc(C)n([C@@H](C)C(=O)NCc2ccc(OC3CCCC3)nc2)n1. The lowest BCUT2D eigenvalue weighted by atomic mass is 10.2. The van der Waals surface area contributed by atoms with E-state index in [4.69, 9.17) is 4.74 Å². The minimum absolute atomic E-state index is 0.0579. The Kier molecular flexibility index (Phi) is 5.36. The summed E-state index contributed by atoms with van der Waals surface area (Å²) >= 11 is 0. The molecule has 0 spiro atoms. The summed E-state index contributed by atoms with van der Waals surface area (Å²) in [7, 11) is 0. The summed E-state index contributed by atoms with van der Waals surface area (Å²) in [6.07, 6.45) is 6.77. The number of hydrogen-bond donors (Lipinski definition) is 1. The molecule has 1 atom stereocenters. The number of carbonyl (C=O) groups excluding carboxylic acids is 1. The van der Waals surface area contributed by atoms with Gasteiger partial charge in [-0.3, -0.25) is 9.48 Å². The van der Waals surface area contributed by atoms with Crippen LogP contribution in [0.1, 0.15) is 55.6 Å². The van der Waals surface area contributed by atoms with Gasteiger partial charge >= 0.3 is 0 Å². The van der Waals surface area contributed by atoms with Gasteiger partial charge in [-0.1, -0.05) is 6.07 Å². The number of pyridine rings is 1. The van der Waals surface area contributed by atoms with Gasteiger partial charge < -0.3 is 10.1 Å². The number of aromatic nitrogens is 3. The molecule has 6 heteroatoms. The summed E-state index contributed by atoms with van der Waals surface area (Å²) in [6.45, 7) is 6.18. The van der Waals surface area contributed by atoms with Crippen LogP contribution in [0.15, 0.2) is 24.4 Å². The van der Waals surface area contributed by atoms with E-state index in [1.54, 1.807) is 10.9 Å². The molecule has 1 amide bonds. The molecule has 134 valence electrons. The molecule has 3 rings (SSSR count). The largest absolute Gasteiger partial charge is 0.474 e. The molecule has 1 fully saturated rings. The molecule has 0 aliphatic heterocycles. The van der Waals surface area contributed by atoms with E-state index >= 15 is 0 Å². The van der Waals surface area contributed by atoms with Crippen LogP contribution in [0.3, 0.4) is 0 Å². The van der Waals surface area contributed by atoms with Crippen LogP contribution in [0.5, 0.6) is 5.88 Å². The number of rotatable bonds is 6. The van der Waals surface area contributed by atoms with Crippen molar-refractivity contribution in [2.24, 2.45) is 0 Å². The summed E-state index contributed by atoms with van der Waals surface area (Å²) in [5, 5.41) is 7.32. The fraction of sp³-hybridized carbons (Fsp3) is 0.526. The van der Waals surface area contributed by atoms with Gasteiger partial charge in [0.15, 0.2) is 0 Å². The summed E-state index contributed by atoms with van der Waals surface area (Å²) < 4.78 is 7.61.